The van der Waals surface area contributed by atoms with E-state index in [-0.39, 0.29) is 12.7 Å². The van der Waals surface area contributed by atoms with Crippen LogP contribution in [0, 0.1) is 0 Å². The van der Waals surface area contributed by atoms with Crippen LogP contribution in [-0.4, -0.2) is 49.7 Å². The van der Waals surface area contributed by atoms with Gasteiger partial charge >= 0.3 is 0 Å². The van der Waals surface area contributed by atoms with E-state index in [9.17, 15) is 0 Å². The third-order valence-corrected chi connectivity index (χ3v) is 1.82. The maximum Gasteiger partial charge on any atom is 0.163 e. The third-order valence-electron chi connectivity index (χ3n) is 1.82. The number of hydrogen-bond donors (Lipinski definition) is 2. The van der Waals surface area contributed by atoms with Gasteiger partial charge in [-0.3, -0.25) is 0 Å². The molecule has 1 unspecified atom stereocenters. The van der Waals surface area contributed by atoms with Gasteiger partial charge in [0.15, 0.2) is 5.79 Å². The second-order valence-corrected chi connectivity index (χ2v) is 3.60. The molecule has 92 valence electrons. The highest BCUT2D eigenvalue weighted by molar-refractivity contribution is 7.79. The Kier molecular flexibility index (Phi) is 8.46. The number of ether oxygens (including phenoxy) is 3. The number of aliphatic hydroxyl groups is 1. The lowest BCUT2D eigenvalue weighted by atomic mass is 10.4. The minimum Gasteiger partial charge on any atom is -0.396 e. The zero-order chi connectivity index (χ0) is 11.7. The molecule has 0 radical (unpaired) electrons. The topological polar surface area (TPSA) is 47.9 Å². The Labute approximate surface area is 97.3 Å². The number of aliphatic hydroxyl groups excluding tert-OH is 1. The highest BCUT2D eigenvalue weighted by atomic mass is 32.1. The molecular weight excluding hydrogens is 216 g/mol. The van der Waals surface area contributed by atoms with Gasteiger partial charge in [-0.2, -0.15) is 12.6 Å². The fourth-order valence-corrected chi connectivity index (χ4v) is 1.23. The number of hydrogen-bond acceptors (Lipinski definition) is 5. The van der Waals surface area contributed by atoms with Crippen molar-refractivity contribution in [2.24, 2.45) is 0 Å². The predicted octanol–water partition coefficient (Wildman–Crippen LogP) is 1.08. The van der Waals surface area contributed by atoms with Gasteiger partial charge in [0.1, 0.15) is 6.10 Å². The maximum atomic E-state index is 8.51. The SMILES string of the molecule is CC1(C)OCC(COCCCO)O1.CS. The van der Waals surface area contributed by atoms with Crippen LogP contribution >= 0.6 is 12.6 Å². The van der Waals surface area contributed by atoms with E-state index < -0.39 is 5.79 Å². The highest BCUT2D eigenvalue weighted by Gasteiger charge is 2.32. The summed E-state index contributed by atoms with van der Waals surface area (Å²) in [6, 6.07) is 0. The molecule has 0 aromatic rings. The molecule has 1 fully saturated rings. The predicted molar refractivity (Wildman–Crippen MR) is 62.3 cm³/mol. The van der Waals surface area contributed by atoms with Crippen molar-refractivity contribution in [3.8, 4) is 0 Å². The maximum absolute atomic E-state index is 8.51. The lowest BCUT2D eigenvalue weighted by molar-refractivity contribution is -0.145. The molecule has 1 heterocycles. The second-order valence-electron chi connectivity index (χ2n) is 3.60. The molecule has 1 N–H and O–H groups in total. The summed E-state index contributed by atoms with van der Waals surface area (Å²) in [4.78, 5) is 0. The normalized spacial score (nSPS) is 23.4. The summed E-state index contributed by atoms with van der Waals surface area (Å²) in [5.74, 6) is -0.467. The lowest BCUT2D eigenvalue weighted by Crippen LogP contribution is -2.24. The van der Waals surface area contributed by atoms with E-state index in [0.717, 1.165) is 0 Å². The fourth-order valence-electron chi connectivity index (χ4n) is 1.23. The Morgan fingerprint density at radius 3 is 2.60 bits per heavy atom. The smallest absolute Gasteiger partial charge is 0.163 e. The molecule has 0 amide bonds. The van der Waals surface area contributed by atoms with Crippen LogP contribution in [0.3, 0.4) is 0 Å². The standard InChI is InChI=1S/C9H18O4.CH4S/c1-9(2)12-7-8(13-9)6-11-5-3-4-10;1-2/h8,10H,3-7H2,1-2H3;2H,1H3. The van der Waals surface area contributed by atoms with Gasteiger partial charge in [-0.15, -0.1) is 0 Å². The zero-order valence-electron chi connectivity index (χ0n) is 9.73. The molecule has 0 bridgehead atoms. The first-order valence-corrected chi connectivity index (χ1v) is 5.98. The van der Waals surface area contributed by atoms with Gasteiger partial charge in [0, 0.05) is 13.2 Å². The zero-order valence-corrected chi connectivity index (χ0v) is 10.6. The van der Waals surface area contributed by atoms with Crippen LogP contribution in [0.4, 0.5) is 0 Å². The first kappa shape index (κ1) is 15.2. The first-order chi connectivity index (χ1) is 7.14. The van der Waals surface area contributed by atoms with Crippen LogP contribution in [0.1, 0.15) is 20.3 Å². The van der Waals surface area contributed by atoms with Crippen molar-refractivity contribution in [2.45, 2.75) is 32.2 Å². The van der Waals surface area contributed by atoms with E-state index in [1.165, 1.54) is 0 Å². The molecule has 1 rings (SSSR count). The second kappa shape index (κ2) is 8.35. The van der Waals surface area contributed by atoms with Gasteiger partial charge in [0.25, 0.3) is 0 Å². The monoisotopic (exact) mass is 238 g/mol. The number of thiol groups is 1. The van der Waals surface area contributed by atoms with Crippen LogP contribution in [0.5, 0.6) is 0 Å². The molecule has 15 heavy (non-hydrogen) atoms. The van der Waals surface area contributed by atoms with Crippen molar-refractivity contribution in [3.05, 3.63) is 0 Å². The van der Waals surface area contributed by atoms with Crippen molar-refractivity contribution in [1.29, 1.82) is 0 Å². The molecule has 5 heteroatoms. The van der Waals surface area contributed by atoms with E-state index in [4.69, 9.17) is 19.3 Å². The van der Waals surface area contributed by atoms with Crippen molar-refractivity contribution < 1.29 is 19.3 Å². The molecule has 1 atom stereocenters. The van der Waals surface area contributed by atoms with Crippen molar-refractivity contribution in [2.75, 3.05) is 32.7 Å². The van der Waals surface area contributed by atoms with Gasteiger partial charge in [-0.25, -0.2) is 0 Å². The molecule has 0 saturated carbocycles. The van der Waals surface area contributed by atoms with Gasteiger partial charge in [0.2, 0.25) is 0 Å². The van der Waals surface area contributed by atoms with Crippen LogP contribution in [0.2, 0.25) is 0 Å². The molecule has 0 spiro atoms. The Hall–Kier alpha value is 0.190. The van der Waals surface area contributed by atoms with E-state index in [1.807, 2.05) is 13.8 Å². The molecule has 1 aliphatic rings. The molecule has 0 aliphatic carbocycles. The summed E-state index contributed by atoms with van der Waals surface area (Å²) in [5.41, 5.74) is 0. The molecule has 1 aliphatic heterocycles. The minimum absolute atomic E-state index is 0.0358. The largest absolute Gasteiger partial charge is 0.396 e. The lowest BCUT2D eigenvalue weighted by Gasteiger charge is -2.16. The average molecular weight is 238 g/mol. The fraction of sp³-hybridized carbons (Fsp3) is 1.00. The van der Waals surface area contributed by atoms with Crippen molar-refractivity contribution in [1.82, 2.24) is 0 Å². The Morgan fingerprint density at radius 1 is 1.47 bits per heavy atom. The Bertz CT molecular complexity index is 152. The Balaban J connectivity index is 0.000000921. The minimum atomic E-state index is -0.467. The van der Waals surface area contributed by atoms with Gasteiger partial charge in [-0.05, 0) is 26.5 Å². The summed E-state index contributed by atoms with van der Waals surface area (Å²) in [5, 5.41) is 8.51. The van der Waals surface area contributed by atoms with Crippen LogP contribution in [0.15, 0.2) is 0 Å². The van der Waals surface area contributed by atoms with Crippen LogP contribution < -0.4 is 0 Å². The molecule has 4 nitrogen and oxygen atoms in total. The summed E-state index contributed by atoms with van der Waals surface area (Å²) in [6.07, 6.45) is 2.41. The van der Waals surface area contributed by atoms with E-state index in [2.05, 4.69) is 12.6 Å². The van der Waals surface area contributed by atoms with Gasteiger partial charge in [0.05, 0.1) is 13.2 Å². The Morgan fingerprint density at radius 2 is 2.13 bits per heavy atom. The van der Waals surface area contributed by atoms with E-state index in [1.54, 1.807) is 6.26 Å². The summed E-state index contributed by atoms with van der Waals surface area (Å²) in [7, 11) is 0. The molecular formula is C10H22O4S. The first-order valence-electron chi connectivity index (χ1n) is 5.09. The number of rotatable bonds is 5. The van der Waals surface area contributed by atoms with Crippen molar-refractivity contribution >= 4 is 12.6 Å². The van der Waals surface area contributed by atoms with Gasteiger partial charge < -0.3 is 19.3 Å². The van der Waals surface area contributed by atoms with E-state index >= 15 is 0 Å². The summed E-state index contributed by atoms with van der Waals surface area (Å²) in [6.45, 7) is 5.67. The van der Waals surface area contributed by atoms with Crippen LogP contribution in [0.25, 0.3) is 0 Å². The highest BCUT2D eigenvalue weighted by Crippen LogP contribution is 2.22. The summed E-state index contributed by atoms with van der Waals surface area (Å²) < 4.78 is 16.2. The van der Waals surface area contributed by atoms with Crippen molar-refractivity contribution in [3.63, 3.8) is 0 Å². The van der Waals surface area contributed by atoms with Gasteiger partial charge in [-0.1, -0.05) is 0 Å². The van der Waals surface area contributed by atoms with Crippen LogP contribution in [-0.2, 0) is 14.2 Å². The molecule has 0 aromatic heterocycles. The third kappa shape index (κ3) is 7.14. The summed E-state index contributed by atoms with van der Waals surface area (Å²) >= 11 is 3.53. The average Bonchev–Trinajstić information content (AvgIpc) is 2.56. The molecule has 1 saturated heterocycles. The quantitative estimate of drug-likeness (QED) is 0.556. The van der Waals surface area contributed by atoms with E-state index in [0.29, 0.717) is 26.2 Å². The molecule has 0 aromatic carbocycles.